The molecule has 18 heavy (non-hydrogen) atoms. The summed E-state index contributed by atoms with van der Waals surface area (Å²) in [4.78, 5) is 8.34. The second kappa shape index (κ2) is 5.35. The standard InChI is InChI=1S/C13H15N3O2/c1-3-12-15-11(14)8-13(16-12)18-10-6-4-5-9(7-10)17-2/h4-8H,3H2,1-2H3,(H2,14,15,16). The molecule has 1 heterocycles. The molecule has 1 aromatic heterocycles. The van der Waals surface area contributed by atoms with E-state index in [0.29, 0.717) is 29.7 Å². The molecular weight excluding hydrogens is 230 g/mol. The van der Waals surface area contributed by atoms with Crippen LogP contribution in [0.1, 0.15) is 12.7 Å². The number of hydrogen-bond acceptors (Lipinski definition) is 5. The van der Waals surface area contributed by atoms with Crippen molar-refractivity contribution in [3.05, 3.63) is 36.2 Å². The predicted octanol–water partition coefficient (Wildman–Crippen LogP) is 2.42. The predicted molar refractivity (Wildman–Crippen MR) is 68.9 cm³/mol. The van der Waals surface area contributed by atoms with Gasteiger partial charge in [0.25, 0.3) is 0 Å². The Bertz CT molecular complexity index is 544. The van der Waals surface area contributed by atoms with Crippen LogP contribution in [0.3, 0.4) is 0 Å². The van der Waals surface area contributed by atoms with Crippen LogP contribution in [-0.2, 0) is 6.42 Å². The van der Waals surface area contributed by atoms with Crippen LogP contribution < -0.4 is 15.2 Å². The smallest absolute Gasteiger partial charge is 0.224 e. The first-order chi connectivity index (χ1) is 8.71. The largest absolute Gasteiger partial charge is 0.497 e. The average molecular weight is 245 g/mol. The van der Waals surface area contributed by atoms with Gasteiger partial charge in [0.15, 0.2) is 0 Å². The summed E-state index contributed by atoms with van der Waals surface area (Å²) in [5.74, 6) is 2.87. The van der Waals surface area contributed by atoms with Crippen LogP contribution in [0.25, 0.3) is 0 Å². The van der Waals surface area contributed by atoms with Crippen LogP contribution in [-0.4, -0.2) is 17.1 Å². The monoisotopic (exact) mass is 245 g/mol. The molecule has 0 fully saturated rings. The lowest BCUT2D eigenvalue weighted by molar-refractivity contribution is 0.407. The summed E-state index contributed by atoms with van der Waals surface area (Å²) >= 11 is 0. The third-order valence-electron chi connectivity index (χ3n) is 2.35. The molecular formula is C13H15N3O2. The van der Waals surface area contributed by atoms with Crippen molar-refractivity contribution < 1.29 is 9.47 Å². The number of aryl methyl sites for hydroxylation is 1. The van der Waals surface area contributed by atoms with E-state index in [0.717, 1.165) is 5.75 Å². The number of anilines is 1. The highest BCUT2D eigenvalue weighted by Crippen LogP contribution is 2.24. The first-order valence-corrected chi connectivity index (χ1v) is 5.66. The first kappa shape index (κ1) is 12.2. The fourth-order valence-corrected chi connectivity index (χ4v) is 1.49. The highest BCUT2D eigenvalue weighted by Gasteiger charge is 2.04. The van der Waals surface area contributed by atoms with E-state index in [9.17, 15) is 0 Å². The lowest BCUT2D eigenvalue weighted by Crippen LogP contribution is -2.00. The fraction of sp³-hybridized carbons (Fsp3) is 0.231. The number of nitrogen functional groups attached to an aromatic ring is 1. The molecule has 0 radical (unpaired) electrons. The van der Waals surface area contributed by atoms with Crippen LogP contribution in [0.4, 0.5) is 5.82 Å². The van der Waals surface area contributed by atoms with Crippen LogP contribution >= 0.6 is 0 Å². The quantitative estimate of drug-likeness (QED) is 0.895. The summed E-state index contributed by atoms with van der Waals surface area (Å²) in [6.07, 6.45) is 0.708. The van der Waals surface area contributed by atoms with Gasteiger partial charge in [-0.05, 0) is 12.1 Å². The van der Waals surface area contributed by atoms with Crippen molar-refractivity contribution >= 4 is 5.82 Å². The Kier molecular flexibility index (Phi) is 3.62. The SMILES string of the molecule is CCc1nc(N)cc(Oc2cccc(OC)c2)n1. The molecule has 0 aliphatic heterocycles. The maximum absolute atomic E-state index is 5.69. The first-order valence-electron chi connectivity index (χ1n) is 5.66. The van der Waals surface area contributed by atoms with Gasteiger partial charge in [0.1, 0.15) is 23.1 Å². The van der Waals surface area contributed by atoms with Gasteiger partial charge in [-0.1, -0.05) is 13.0 Å². The van der Waals surface area contributed by atoms with Gasteiger partial charge >= 0.3 is 0 Å². The minimum absolute atomic E-state index is 0.403. The minimum Gasteiger partial charge on any atom is -0.497 e. The van der Waals surface area contributed by atoms with Gasteiger partial charge in [0, 0.05) is 18.6 Å². The number of methoxy groups -OCH3 is 1. The van der Waals surface area contributed by atoms with Crippen LogP contribution in [0.15, 0.2) is 30.3 Å². The lowest BCUT2D eigenvalue weighted by Gasteiger charge is -2.07. The van der Waals surface area contributed by atoms with Crippen molar-refractivity contribution in [1.82, 2.24) is 9.97 Å². The van der Waals surface area contributed by atoms with Crippen molar-refractivity contribution in [1.29, 1.82) is 0 Å². The lowest BCUT2D eigenvalue weighted by atomic mass is 10.3. The molecule has 0 saturated heterocycles. The van der Waals surface area contributed by atoms with Gasteiger partial charge in [0.2, 0.25) is 5.88 Å². The molecule has 0 amide bonds. The number of ether oxygens (including phenoxy) is 2. The highest BCUT2D eigenvalue weighted by atomic mass is 16.5. The van der Waals surface area contributed by atoms with E-state index in [2.05, 4.69) is 9.97 Å². The Morgan fingerprint density at radius 2 is 1.94 bits per heavy atom. The van der Waals surface area contributed by atoms with E-state index in [1.54, 1.807) is 19.2 Å². The maximum Gasteiger partial charge on any atom is 0.224 e. The van der Waals surface area contributed by atoms with Crippen LogP contribution in [0.2, 0.25) is 0 Å². The molecule has 2 aromatic rings. The molecule has 0 spiro atoms. The van der Waals surface area contributed by atoms with Crippen molar-refractivity contribution in [2.45, 2.75) is 13.3 Å². The van der Waals surface area contributed by atoms with Crippen molar-refractivity contribution in [3.8, 4) is 17.4 Å². The molecule has 1 aromatic carbocycles. The number of nitrogens with zero attached hydrogens (tertiary/aromatic N) is 2. The van der Waals surface area contributed by atoms with E-state index in [-0.39, 0.29) is 0 Å². The van der Waals surface area contributed by atoms with Crippen LogP contribution in [0, 0.1) is 0 Å². The summed E-state index contributed by atoms with van der Waals surface area (Å²) in [6, 6.07) is 8.90. The second-order valence-corrected chi connectivity index (χ2v) is 3.68. The summed E-state index contributed by atoms with van der Waals surface area (Å²) in [5, 5.41) is 0. The molecule has 0 saturated carbocycles. The van der Waals surface area contributed by atoms with Gasteiger partial charge in [-0.15, -0.1) is 0 Å². The number of nitrogens with two attached hydrogens (primary N) is 1. The number of rotatable bonds is 4. The zero-order valence-corrected chi connectivity index (χ0v) is 10.4. The van der Waals surface area contributed by atoms with Crippen molar-refractivity contribution in [2.75, 3.05) is 12.8 Å². The maximum atomic E-state index is 5.69. The van der Waals surface area contributed by atoms with E-state index in [4.69, 9.17) is 15.2 Å². The van der Waals surface area contributed by atoms with Gasteiger partial charge in [-0.2, -0.15) is 4.98 Å². The van der Waals surface area contributed by atoms with E-state index in [1.807, 2.05) is 25.1 Å². The Hall–Kier alpha value is -2.30. The third kappa shape index (κ3) is 2.88. The Balaban J connectivity index is 2.24. The minimum atomic E-state index is 0.403. The Morgan fingerprint density at radius 1 is 1.17 bits per heavy atom. The van der Waals surface area contributed by atoms with Gasteiger partial charge in [-0.3, -0.25) is 0 Å². The van der Waals surface area contributed by atoms with E-state index < -0.39 is 0 Å². The fourth-order valence-electron chi connectivity index (χ4n) is 1.49. The molecule has 94 valence electrons. The van der Waals surface area contributed by atoms with E-state index >= 15 is 0 Å². The number of aromatic nitrogens is 2. The van der Waals surface area contributed by atoms with Crippen molar-refractivity contribution in [3.63, 3.8) is 0 Å². The highest BCUT2D eigenvalue weighted by molar-refractivity contribution is 5.38. The van der Waals surface area contributed by atoms with Crippen LogP contribution in [0.5, 0.6) is 17.4 Å². The summed E-state index contributed by atoms with van der Waals surface area (Å²) in [6.45, 7) is 1.96. The molecule has 5 heteroatoms. The number of hydrogen-bond donors (Lipinski definition) is 1. The molecule has 5 nitrogen and oxygen atoms in total. The Labute approximate surface area is 106 Å². The molecule has 0 aliphatic carbocycles. The molecule has 0 atom stereocenters. The second-order valence-electron chi connectivity index (χ2n) is 3.68. The summed E-state index contributed by atoms with van der Waals surface area (Å²) in [7, 11) is 1.61. The normalized spacial score (nSPS) is 10.1. The van der Waals surface area contributed by atoms with E-state index in [1.165, 1.54) is 0 Å². The Morgan fingerprint density at radius 3 is 2.67 bits per heavy atom. The average Bonchev–Trinajstić information content (AvgIpc) is 2.38. The van der Waals surface area contributed by atoms with Gasteiger partial charge in [0.05, 0.1) is 7.11 Å². The van der Waals surface area contributed by atoms with Gasteiger partial charge in [-0.25, -0.2) is 4.98 Å². The topological polar surface area (TPSA) is 70.3 Å². The summed E-state index contributed by atoms with van der Waals surface area (Å²) < 4.78 is 10.8. The molecule has 2 N–H and O–H groups in total. The van der Waals surface area contributed by atoms with Crippen molar-refractivity contribution in [2.24, 2.45) is 0 Å². The van der Waals surface area contributed by atoms with Gasteiger partial charge < -0.3 is 15.2 Å². The number of benzene rings is 1. The summed E-state index contributed by atoms with van der Waals surface area (Å²) in [5.41, 5.74) is 5.69. The third-order valence-corrected chi connectivity index (χ3v) is 2.35. The zero-order valence-electron chi connectivity index (χ0n) is 10.4. The molecule has 0 aliphatic rings. The molecule has 2 rings (SSSR count). The molecule has 0 unspecified atom stereocenters. The molecule has 0 bridgehead atoms. The zero-order chi connectivity index (χ0) is 13.0.